The van der Waals surface area contributed by atoms with Crippen LogP contribution in [-0.2, 0) is 24.6 Å². The minimum atomic E-state index is -0.995. The second kappa shape index (κ2) is 11.2. The van der Waals surface area contributed by atoms with E-state index in [0.717, 1.165) is 24.8 Å². The number of rotatable bonds is 8. The van der Waals surface area contributed by atoms with Gasteiger partial charge in [-0.2, -0.15) is 5.26 Å². The largest absolute Gasteiger partial charge is 0.344 e. The zero-order chi connectivity index (χ0) is 29.4. The molecule has 2 heterocycles. The van der Waals surface area contributed by atoms with Crippen LogP contribution in [0.15, 0.2) is 24.3 Å². The summed E-state index contributed by atoms with van der Waals surface area (Å²) in [6.45, 7) is 9.48. The lowest BCUT2D eigenvalue weighted by molar-refractivity contribution is -0.148. The molecule has 1 aromatic carbocycles. The van der Waals surface area contributed by atoms with Crippen molar-refractivity contribution in [1.82, 2.24) is 15.1 Å². The molecule has 9 heteroatoms. The molecular weight excluding hydrogens is 506 g/mol. The van der Waals surface area contributed by atoms with Crippen LogP contribution in [0.4, 0.5) is 5.69 Å². The van der Waals surface area contributed by atoms with E-state index in [4.69, 9.17) is 0 Å². The Morgan fingerprint density at radius 3 is 2.48 bits per heavy atom. The number of fused-ring (bicyclic) bond motifs is 2. The molecule has 0 bridgehead atoms. The van der Waals surface area contributed by atoms with Gasteiger partial charge in [0.1, 0.15) is 18.1 Å². The smallest absolute Gasteiger partial charge is 0.246 e. The summed E-state index contributed by atoms with van der Waals surface area (Å²) in [6, 6.07) is 7.30. The van der Waals surface area contributed by atoms with Gasteiger partial charge in [-0.25, -0.2) is 0 Å². The van der Waals surface area contributed by atoms with Gasteiger partial charge >= 0.3 is 0 Å². The molecule has 1 aliphatic carbocycles. The summed E-state index contributed by atoms with van der Waals surface area (Å²) >= 11 is 0. The monoisotopic (exact) mass is 549 g/mol. The van der Waals surface area contributed by atoms with Crippen LogP contribution in [0.5, 0.6) is 0 Å². The lowest BCUT2D eigenvalue weighted by Crippen LogP contribution is -2.57. The van der Waals surface area contributed by atoms with Crippen LogP contribution in [-0.4, -0.2) is 65.1 Å². The maximum absolute atomic E-state index is 14.2. The van der Waals surface area contributed by atoms with Crippen LogP contribution in [0.3, 0.4) is 0 Å². The fourth-order valence-electron chi connectivity index (χ4n) is 6.11. The minimum Gasteiger partial charge on any atom is -0.344 e. The number of benzene rings is 1. The zero-order valence-electron chi connectivity index (χ0n) is 24.6. The highest BCUT2D eigenvalue weighted by Crippen LogP contribution is 2.46. The first kappa shape index (κ1) is 29.6. The van der Waals surface area contributed by atoms with Gasteiger partial charge in [-0.3, -0.25) is 19.2 Å². The molecule has 2 N–H and O–H groups in total. The molecule has 2 fully saturated rings. The third-order valence-corrected chi connectivity index (χ3v) is 8.79. The van der Waals surface area contributed by atoms with Gasteiger partial charge in [-0.15, -0.1) is 0 Å². The Bertz CT molecular complexity index is 1210. The lowest BCUT2D eigenvalue weighted by atomic mass is 9.80. The molecule has 0 radical (unpaired) electrons. The van der Waals surface area contributed by atoms with E-state index in [0.29, 0.717) is 24.4 Å². The van der Waals surface area contributed by atoms with Crippen molar-refractivity contribution < 1.29 is 19.2 Å². The van der Waals surface area contributed by atoms with Crippen molar-refractivity contribution in [2.75, 3.05) is 18.9 Å². The summed E-state index contributed by atoms with van der Waals surface area (Å²) in [5, 5.41) is 16.0. The summed E-state index contributed by atoms with van der Waals surface area (Å²) in [5.41, 5.74) is -0.152. The zero-order valence-corrected chi connectivity index (χ0v) is 24.6. The molecule has 1 saturated heterocycles. The Hall–Kier alpha value is -3.41. The molecule has 1 aromatic rings. The number of carbonyl (C=O) groups is 4. The summed E-state index contributed by atoms with van der Waals surface area (Å²) < 4.78 is 0. The lowest BCUT2D eigenvalue weighted by Gasteiger charge is -2.37. The fraction of sp³-hybridized carbons (Fsp3) is 0.645. The number of amides is 4. The third kappa shape index (κ3) is 5.59. The highest BCUT2D eigenvalue weighted by atomic mass is 16.2. The summed E-state index contributed by atoms with van der Waals surface area (Å²) in [5.74, 6) is -0.596. The second-order valence-electron chi connectivity index (χ2n) is 13.3. The van der Waals surface area contributed by atoms with E-state index in [2.05, 4.69) is 16.7 Å². The van der Waals surface area contributed by atoms with Crippen molar-refractivity contribution in [1.29, 1.82) is 5.26 Å². The standard InChI is InChI=1S/C31H43N5O4/c1-19(2)14-25(35(6)26(37)24(15-20-10-9-11-20)34-28(39)30(3,4)5)27(38)36-18-31(16-21(36)17-32)22-12-7-8-13-23(22)33-29(31)40/h7-8,12-13,19-21,24-25H,9-11,14-16,18H2,1-6H3,(H,33,40)(H,34,39)/t21-,24-,25-,31-/m0/s1. The molecule has 0 aromatic heterocycles. The van der Waals surface area contributed by atoms with Crippen LogP contribution < -0.4 is 10.6 Å². The molecule has 2 aliphatic heterocycles. The van der Waals surface area contributed by atoms with E-state index in [-0.39, 0.29) is 42.5 Å². The van der Waals surface area contributed by atoms with E-state index < -0.39 is 29.0 Å². The van der Waals surface area contributed by atoms with Crippen molar-refractivity contribution >= 4 is 29.3 Å². The quantitative estimate of drug-likeness (QED) is 0.513. The van der Waals surface area contributed by atoms with Crippen LogP contribution in [0.25, 0.3) is 0 Å². The molecule has 40 heavy (non-hydrogen) atoms. The number of nitriles is 1. The predicted octanol–water partition coefficient (Wildman–Crippen LogP) is 3.60. The number of likely N-dealkylation sites (tertiary alicyclic amines) is 1. The highest BCUT2D eigenvalue weighted by molar-refractivity contribution is 6.07. The number of nitrogens with one attached hydrogen (secondary N) is 2. The molecule has 0 unspecified atom stereocenters. The predicted molar refractivity (Wildman–Crippen MR) is 152 cm³/mol. The Balaban J connectivity index is 1.61. The molecular formula is C31H43N5O4. The Kier molecular flexibility index (Phi) is 8.30. The van der Waals surface area contributed by atoms with Gasteiger partial charge in [0, 0.05) is 31.1 Å². The maximum Gasteiger partial charge on any atom is 0.246 e. The first-order valence-electron chi connectivity index (χ1n) is 14.5. The number of para-hydroxylation sites is 1. The third-order valence-electron chi connectivity index (χ3n) is 8.79. The maximum atomic E-state index is 14.2. The molecule has 9 nitrogen and oxygen atoms in total. The first-order valence-corrected chi connectivity index (χ1v) is 14.5. The summed E-state index contributed by atoms with van der Waals surface area (Å²) in [6.07, 6.45) is 4.31. The minimum absolute atomic E-state index is 0.0792. The number of likely N-dealkylation sites (N-methyl/N-ethyl adjacent to an activating group) is 1. The topological polar surface area (TPSA) is 123 Å². The van der Waals surface area contributed by atoms with Crippen molar-refractivity contribution in [3.8, 4) is 6.07 Å². The molecule has 4 atom stereocenters. The van der Waals surface area contributed by atoms with Gasteiger partial charge in [-0.05, 0) is 36.3 Å². The van der Waals surface area contributed by atoms with Gasteiger partial charge in [0.15, 0.2) is 0 Å². The van der Waals surface area contributed by atoms with Crippen molar-refractivity contribution in [3.05, 3.63) is 29.8 Å². The highest BCUT2D eigenvalue weighted by Gasteiger charge is 2.56. The fourth-order valence-corrected chi connectivity index (χ4v) is 6.11. The van der Waals surface area contributed by atoms with Crippen LogP contribution >= 0.6 is 0 Å². The number of hydrogen-bond acceptors (Lipinski definition) is 5. The van der Waals surface area contributed by atoms with Crippen molar-refractivity contribution in [3.63, 3.8) is 0 Å². The normalized spacial score (nSPS) is 23.7. The molecule has 4 amide bonds. The van der Waals surface area contributed by atoms with E-state index in [1.165, 1.54) is 9.80 Å². The van der Waals surface area contributed by atoms with E-state index in [1.807, 2.05) is 58.9 Å². The molecule has 1 spiro atoms. The first-order chi connectivity index (χ1) is 18.8. The van der Waals surface area contributed by atoms with Gasteiger partial charge in [0.05, 0.1) is 11.5 Å². The Morgan fingerprint density at radius 1 is 1.23 bits per heavy atom. The number of carbonyl (C=O) groups excluding carboxylic acids is 4. The SMILES string of the molecule is CC(C)C[C@@H](C(=O)N1C[C@]2(C[C@H]1C#N)C(=O)Nc1ccccc12)N(C)C(=O)[C@H](CC1CCC1)NC(=O)C(C)(C)C. The van der Waals surface area contributed by atoms with Gasteiger partial charge in [0.2, 0.25) is 23.6 Å². The Labute approximate surface area is 237 Å². The van der Waals surface area contributed by atoms with Crippen molar-refractivity contribution in [2.24, 2.45) is 17.3 Å². The van der Waals surface area contributed by atoms with Crippen molar-refractivity contribution in [2.45, 2.75) is 96.7 Å². The van der Waals surface area contributed by atoms with E-state index in [1.54, 1.807) is 7.05 Å². The van der Waals surface area contributed by atoms with Crippen LogP contribution in [0.1, 0.15) is 78.7 Å². The Morgan fingerprint density at radius 2 is 1.90 bits per heavy atom. The number of hydrogen-bond donors (Lipinski definition) is 2. The average Bonchev–Trinajstić information content (AvgIpc) is 3.40. The van der Waals surface area contributed by atoms with Gasteiger partial charge < -0.3 is 20.4 Å². The van der Waals surface area contributed by atoms with Crippen LogP contribution in [0, 0.1) is 28.6 Å². The molecule has 4 rings (SSSR count). The molecule has 216 valence electrons. The number of anilines is 1. The second-order valence-corrected chi connectivity index (χ2v) is 13.3. The van der Waals surface area contributed by atoms with Crippen LogP contribution in [0.2, 0.25) is 0 Å². The van der Waals surface area contributed by atoms with E-state index >= 15 is 0 Å². The molecule has 1 saturated carbocycles. The summed E-state index contributed by atoms with van der Waals surface area (Å²) in [4.78, 5) is 57.3. The number of nitrogens with zero attached hydrogens (tertiary/aromatic N) is 3. The van der Waals surface area contributed by atoms with Gasteiger partial charge in [-0.1, -0.05) is 72.1 Å². The van der Waals surface area contributed by atoms with E-state index in [9.17, 15) is 24.4 Å². The average molecular weight is 550 g/mol. The van der Waals surface area contributed by atoms with Gasteiger partial charge in [0.25, 0.3) is 0 Å². The molecule has 3 aliphatic rings. The summed E-state index contributed by atoms with van der Waals surface area (Å²) in [7, 11) is 1.62.